The maximum absolute atomic E-state index is 12.4. The summed E-state index contributed by atoms with van der Waals surface area (Å²) in [4.78, 5) is 11.8. The van der Waals surface area contributed by atoms with Crippen molar-refractivity contribution in [1.82, 2.24) is 9.62 Å². The van der Waals surface area contributed by atoms with Crippen LogP contribution in [0.25, 0.3) is 0 Å². The van der Waals surface area contributed by atoms with Crippen LogP contribution < -0.4 is 5.32 Å². The molecule has 112 valence electrons. The van der Waals surface area contributed by atoms with Crippen LogP contribution in [0.5, 0.6) is 0 Å². The Labute approximate surface area is 136 Å². The fourth-order valence-electron chi connectivity index (χ4n) is 1.50. The predicted octanol–water partition coefficient (Wildman–Crippen LogP) is 2.36. The molecule has 1 N–H and O–H groups in total. The van der Waals surface area contributed by atoms with E-state index in [0.717, 1.165) is 4.31 Å². The summed E-state index contributed by atoms with van der Waals surface area (Å²) in [5.74, 6) is -0.336. The van der Waals surface area contributed by atoms with Crippen molar-refractivity contribution in [3.05, 3.63) is 27.1 Å². The Morgan fingerprint density at radius 2 is 1.95 bits per heavy atom. The van der Waals surface area contributed by atoms with E-state index in [0.29, 0.717) is 8.95 Å². The first-order valence-electron chi connectivity index (χ1n) is 5.85. The zero-order chi connectivity index (χ0) is 15.5. The summed E-state index contributed by atoms with van der Waals surface area (Å²) < 4.78 is 27.0. The molecule has 8 heteroatoms. The number of rotatable bonds is 5. The molecule has 0 unspecified atom stereocenters. The van der Waals surface area contributed by atoms with E-state index in [9.17, 15) is 13.2 Å². The van der Waals surface area contributed by atoms with Crippen molar-refractivity contribution in [1.29, 1.82) is 0 Å². The Bertz CT molecular complexity index is 603. The SMILES string of the molecule is CC(C)NC(=O)CN(C)S(=O)(=O)c1cc(Br)ccc1Br. The van der Waals surface area contributed by atoms with Crippen molar-refractivity contribution < 1.29 is 13.2 Å². The lowest BCUT2D eigenvalue weighted by molar-refractivity contribution is -0.121. The molecular weight excluding hydrogens is 412 g/mol. The average Bonchev–Trinajstić information content (AvgIpc) is 2.30. The first-order valence-corrected chi connectivity index (χ1v) is 8.88. The molecular formula is C12H16Br2N2O3S. The Morgan fingerprint density at radius 3 is 2.50 bits per heavy atom. The van der Waals surface area contributed by atoms with Gasteiger partial charge in [-0.25, -0.2) is 8.42 Å². The van der Waals surface area contributed by atoms with Crippen LogP contribution >= 0.6 is 31.9 Å². The molecule has 0 fully saturated rings. The Balaban J connectivity index is 2.98. The maximum Gasteiger partial charge on any atom is 0.244 e. The Kier molecular flexibility index (Phi) is 6.18. The van der Waals surface area contributed by atoms with E-state index in [4.69, 9.17) is 0 Å². The molecule has 0 saturated carbocycles. The van der Waals surface area contributed by atoms with Crippen LogP contribution in [0.4, 0.5) is 0 Å². The number of carbonyl (C=O) groups is 1. The third-order valence-electron chi connectivity index (χ3n) is 2.40. The van der Waals surface area contributed by atoms with Gasteiger partial charge < -0.3 is 5.32 Å². The standard InChI is InChI=1S/C12H16Br2N2O3S/c1-8(2)15-12(17)7-16(3)20(18,19)11-6-9(13)4-5-10(11)14/h4-6,8H,7H2,1-3H3,(H,15,17). The lowest BCUT2D eigenvalue weighted by Crippen LogP contribution is -2.40. The zero-order valence-electron chi connectivity index (χ0n) is 11.4. The summed E-state index contributed by atoms with van der Waals surface area (Å²) in [6.07, 6.45) is 0. The summed E-state index contributed by atoms with van der Waals surface area (Å²) >= 11 is 6.45. The third-order valence-corrected chi connectivity index (χ3v) is 5.69. The van der Waals surface area contributed by atoms with E-state index >= 15 is 0 Å². The molecule has 0 aliphatic carbocycles. The van der Waals surface area contributed by atoms with Gasteiger partial charge in [-0.05, 0) is 48.0 Å². The van der Waals surface area contributed by atoms with Crippen molar-refractivity contribution in [3.8, 4) is 0 Å². The number of amides is 1. The van der Waals surface area contributed by atoms with Crippen molar-refractivity contribution in [2.75, 3.05) is 13.6 Å². The van der Waals surface area contributed by atoms with Gasteiger partial charge in [-0.1, -0.05) is 15.9 Å². The highest BCUT2D eigenvalue weighted by atomic mass is 79.9. The molecule has 0 heterocycles. The number of sulfonamides is 1. The van der Waals surface area contributed by atoms with Crippen LogP contribution in [-0.2, 0) is 14.8 Å². The highest BCUT2D eigenvalue weighted by Crippen LogP contribution is 2.27. The van der Waals surface area contributed by atoms with E-state index in [1.165, 1.54) is 13.1 Å². The number of hydrogen-bond acceptors (Lipinski definition) is 3. The number of carbonyl (C=O) groups excluding carboxylic acids is 1. The summed E-state index contributed by atoms with van der Waals surface area (Å²) in [5, 5.41) is 2.66. The first-order chi connectivity index (χ1) is 9.14. The highest BCUT2D eigenvalue weighted by Gasteiger charge is 2.25. The molecule has 1 aromatic rings. The number of likely N-dealkylation sites (N-methyl/N-ethyl adjacent to an activating group) is 1. The molecule has 1 rings (SSSR count). The molecule has 0 aliphatic rings. The summed E-state index contributed by atoms with van der Waals surface area (Å²) in [5.41, 5.74) is 0. The van der Waals surface area contributed by atoms with Gasteiger partial charge in [0, 0.05) is 22.0 Å². The monoisotopic (exact) mass is 426 g/mol. The third kappa shape index (κ3) is 4.54. The molecule has 20 heavy (non-hydrogen) atoms. The topological polar surface area (TPSA) is 66.5 Å². The fraction of sp³-hybridized carbons (Fsp3) is 0.417. The first kappa shape index (κ1) is 17.6. The van der Waals surface area contributed by atoms with Gasteiger partial charge in [0.1, 0.15) is 0 Å². The van der Waals surface area contributed by atoms with Crippen molar-refractivity contribution >= 4 is 47.8 Å². The smallest absolute Gasteiger partial charge is 0.244 e. The van der Waals surface area contributed by atoms with Crippen molar-refractivity contribution in [2.45, 2.75) is 24.8 Å². The van der Waals surface area contributed by atoms with Crippen LogP contribution in [-0.4, -0.2) is 38.3 Å². The number of nitrogens with zero attached hydrogens (tertiary/aromatic N) is 1. The van der Waals surface area contributed by atoms with Gasteiger partial charge >= 0.3 is 0 Å². The molecule has 0 aromatic heterocycles. The molecule has 1 amide bonds. The lowest BCUT2D eigenvalue weighted by Gasteiger charge is -2.18. The number of benzene rings is 1. The number of halogens is 2. The van der Waals surface area contributed by atoms with Gasteiger partial charge in [-0.15, -0.1) is 0 Å². The summed E-state index contributed by atoms with van der Waals surface area (Å²) in [7, 11) is -2.35. The molecule has 1 aromatic carbocycles. The second kappa shape index (κ2) is 7.02. The highest BCUT2D eigenvalue weighted by molar-refractivity contribution is 9.11. The summed E-state index contributed by atoms with van der Waals surface area (Å²) in [6.45, 7) is 3.41. The van der Waals surface area contributed by atoms with Gasteiger partial charge in [0.15, 0.2) is 0 Å². The minimum atomic E-state index is -3.73. The minimum absolute atomic E-state index is 0.0313. The Morgan fingerprint density at radius 1 is 1.35 bits per heavy atom. The second-order valence-electron chi connectivity index (χ2n) is 4.56. The Hall–Kier alpha value is -0.440. The predicted molar refractivity (Wildman–Crippen MR) is 84.9 cm³/mol. The summed E-state index contributed by atoms with van der Waals surface area (Å²) in [6, 6.07) is 4.83. The molecule has 0 atom stereocenters. The molecule has 0 spiro atoms. The quantitative estimate of drug-likeness (QED) is 0.784. The van der Waals surface area contributed by atoms with Gasteiger partial charge in [0.2, 0.25) is 15.9 Å². The van der Waals surface area contributed by atoms with Crippen molar-refractivity contribution in [3.63, 3.8) is 0 Å². The van der Waals surface area contributed by atoms with Gasteiger partial charge in [0.05, 0.1) is 11.4 Å². The molecule has 0 aliphatic heterocycles. The van der Waals surface area contributed by atoms with Crippen LogP contribution in [0.3, 0.4) is 0 Å². The minimum Gasteiger partial charge on any atom is -0.353 e. The van der Waals surface area contributed by atoms with Crippen LogP contribution in [0.15, 0.2) is 32.0 Å². The van der Waals surface area contributed by atoms with E-state index in [1.807, 2.05) is 13.8 Å². The average molecular weight is 428 g/mol. The normalized spacial score (nSPS) is 11.9. The van der Waals surface area contributed by atoms with Crippen molar-refractivity contribution in [2.24, 2.45) is 0 Å². The lowest BCUT2D eigenvalue weighted by atomic mass is 10.4. The maximum atomic E-state index is 12.4. The van der Waals surface area contributed by atoms with E-state index < -0.39 is 10.0 Å². The van der Waals surface area contributed by atoms with Crippen LogP contribution in [0.2, 0.25) is 0 Å². The van der Waals surface area contributed by atoms with E-state index in [2.05, 4.69) is 37.2 Å². The van der Waals surface area contributed by atoms with E-state index in [-0.39, 0.29) is 23.4 Å². The molecule has 0 bridgehead atoms. The van der Waals surface area contributed by atoms with E-state index in [1.54, 1.807) is 12.1 Å². The number of hydrogen-bond donors (Lipinski definition) is 1. The largest absolute Gasteiger partial charge is 0.353 e. The zero-order valence-corrected chi connectivity index (χ0v) is 15.3. The second-order valence-corrected chi connectivity index (χ2v) is 8.34. The van der Waals surface area contributed by atoms with Gasteiger partial charge in [-0.3, -0.25) is 4.79 Å². The van der Waals surface area contributed by atoms with Gasteiger partial charge in [-0.2, -0.15) is 4.31 Å². The molecule has 0 radical (unpaired) electrons. The van der Waals surface area contributed by atoms with Crippen LogP contribution in [0, 0.1) is 0 Å². The molecule has 0 saturated heterocycles. The fourth-order valence-corrected chi connectivity index (χ4v) is 4.08. The van der Waals surface area contributed by atoms with Crippen LogP contribution in [0.1, 0.15) is 13.8 Å². The number of nitrogens with one attached hydrogen (secondary N) is 1. The molecule has 5 nitrogen and oxygen atoms in total. The van der Waals surface area contributed by atoms with Gasteiger partial charge in [0.25, 0.3) is 0 Å².